The van der Waals surface area contributed by atoms with Crippen LogP contribution >= 0.6 is 15.9 Å². The molecule has 0 spiro atoms. The molecule has 1 saturated heterocycles. The molecule has 19 heavy (non-hydrogen) atoms. The summed E-state index contributed by atoms with van der Waals surface area (Å²) in [5, 5.41) is 4.50. The van der Waals surface area contributed by atoms with Gasteiger partial charge in [-0.25, -0.2) is 0 Å². The number of nitrogens with zero attached hydrogens (tertiary/aromatic N) is 3. The van der Waals surface area contributed by atoms with Gasteiger partial charge in [0.25, 0.3) is 0 Å². The number of aromatic nitrogens is 2. The van der Waals surface area contributed by atoms with Crippen LogP contribution in [0.4, 0.5) is 0 Å². The number of nitrogens with two attached hydrogens (primary N) is 1. The predicted octanol–water partition coefficient (Wildman–Crippen LogP) is 0.945. The topological polar surface area (TPSA) is 56.3 Å². The lowest BCUT2D eigenvalue weighted by Gasteiger charge is -2.33. The molecular formula is C13H23BrN4O. The molecule has 1 aromatic rings. The van der Waals surface area contributed by atoms with Crippen LogP contribution in [0, 0.1) is 0 Å². The molecule has 2 N–H and O–H groups in total. The quantitative estimate of drug-likeness (QED) is 0.892. The van der Waals surface area contributed by atoms with Crippen LogP contribution in [0.5, 0.6) is 0 Å². The van der Waals surface area contributed by atoms with E-state index >= 15 is 0 Å². The Morgan fingerprint density at radius 3 is 2.84 bits per heavy atom. The largest absolute Gasteiger partial charge is 0.374 e. The minimum Gasteiger partial charge on any atom is -0.374 e. The summed E-state index contributed by atoms with van der Waals surface area (Å²) >= 11 is 3.64. The minimum atomic E-state index is -0.000781. The van der Waals surface area contributed by atoms with E-state index in [0.29, 0.717) is 0 Å². The molecule has 1 aliphatic rings. The van der Waals surface area contributed by atoms with Gasteiger partial charge in [-0.3, -0.25) is 4.68 Å². The Bertz CT molecular complexity index is 435. The van der Waals surface area contributed by atoms with Crippen molar-refractivity contribution in [2.24, 2.45) is 12.8 Å². The van der Waals surface area contributed by atoms with Crippen molar-refractivity contribution in [3.63, 3.8) is 0 Å². The second-order valence-electron chi connectivity index (χ2n) is 5.22. The van der Waals surface area contributed by atoms with Crippen molar-refractivity contribution in [1.29, 1.82) is 0 Å². The third kappa shape index (κ3) is 3.37. The molecular weight excluding hydrogens is 308 g/mol. The van der Waals surface area contributed by atoms with Crippen LogP contribution in [0.25, 0.3) is 0 Å². The van der Waals surface area contributed by atoms with Gasteiger partial charge in [0.05, 0.1) is 28.6 Å². The lowest BCUT2D eigenvalue weighted by atomic mass is 10.0. The van der Waals surface area contributed by atoms with Gasteiger partial charge in [-0.05, 0) is 29.4 Å². The fraction of sp³-hybridized carbons (Fsp3) is 0.769. The van der Waals surface area contributed by atoms with E-state index in [2.05, 4.69) is 39.9 Å². The first kappa shape index (κ1) is 15.0. The number of morpholine rings is 1. The summed E-state index contributed by atoms with van der Waals surface area (Å²) < 4.78 is 8.80. The fourth-order valence-corrected chi connectivity index (χ4v) is 3.24. The molecule has 1 aliphatic heterocycles. The number of halogens is 1. The zero-order valence-electron chi connectivity index (χ0n) is 11.9. The van der Waals surface area contributed by atoms with E-state index in [-0.39, 0.29) is 12.1 Å². The normalized spacial score (nSPS) is 22.7. The first-order valence-electron chi connectivity index (χ1n) is 6.78. The van der Waals surface area contributed by atoms with Crippen LogP contribution in [0.2, 0.25) is 0 Å². The summed E-state index contributed by atoms with van der Waals surface area (Å²) in [6, 6.07) is -0.000781. The predicted molar refractivity (Wildman–Crippen MR) is 79.2 cm³/mol. The van der Waals surface area contributed by atoms with Crippen molar-refractivity contribution in [3.05, 3.63) is 15.9 Å². The SMILES string of the molecule is CCc1nn(C)c(CC(N)C2CN(C)CCO2)c1Br. The molecule has 2 unspecified atom stereocenters. The van der Waals surface area contributed by atoms with Crippen molar-refractivity contribution >= 4 is 15.9 Å². The lowest BCUT2D eigenvalue weighted by molar-refractivity contribution is -0.0321. The van der Waals surface area contributed by atoms with Gasteiger partial charge in [-0.15, -0.1) is 0 Å². The maximum absolute atomic E-state index is 6.32. The van der Waals surface area contributed by atoms with Crippen molar-refractivity contribution in [2.75, 3.05) is 26.7 Å². The molecule has 1 fully saturated rings. The van der Waals surface area contributed by atoms with E-state index in [0.717, 1.165) is 48.4 Å². The van der Waals surface area contributed by atoms with E-state index < -0.39 is 0 Å². The molecule has 6 heteroatoms. The maximum Gasteiger partial charge on any atom is 0.0856 e. The molecule has 0 saturated carbocycles. The molecule has 0 radical (unpaired) electrons. The Labute approximate surface area is 123 Å². The monoisotopic (exact) mass is 330 g/mol. The Balaban J connectivity index is 2.06. The van der Waals surface area contributed by atoms with E-state index in [4.69, 9.17) is 10.5 Å². The molecule has 0 aromatic carbocycles. The van der Waals surface area contributed by atoms with Gasteiger partial charge >= 0.3 is 0 Å². The molecule has 2 atom stereocenters. The van der Waals surface area contributed by atoms with Gasteiger partial charge in [-0.1, -0.05) is 6.92 Å². The van der Waals surface area contributed by atoms with Gasteiger partial charge < -0.3 is 15.4 Å². The molecule has 0 bridgehead atoms. The highest BCUT2D eigenvalue weighted by Crippen LogP contribution is 2.23. The van der Waals surface area contributed by atoms with Crippen LogP contribution in [-0.2, 0) is 24.6 Å². The van der Waals surface area contributed by atoms with E-state index in [9.17, 15) is 0 Å². The summed E-state index contributed by atoms with van der Waals surface area (Å²) in [6.45, 7) is 4.76. The van der Waals surface area contributed by atoms with Gasteiger partial charge in [0.2, 0.25) is 0 Å². The van der Waals surface area contributed by atoms with Gasteiger partial charge in [0.1, 0.15) is 0 Å². The Kier molecular flexibility index (Phi) is 5.00. The maximum atomic E-state index is 6.32. The van der Waals surface area contributed by atoms with Crippen LogP contribution in [0.15, 0.2) is 4.47 Å². The molecule has 5 nitrogen and oxygen atoms in total. The van der Waals surface area contributed by atoms with Crippen molar-refractivity contribution in [1.82, 2.24) is 14.7 Å². The number of aryl methyl sites for hydroxylation is 2. The number of hydrogen-bond acceptors (Lipinski definition) is 4. The van der Waals surface area contributed by atoms with Crippen LogP contribution in [0.3, 0.4) is 0 Å². The van der Waals surface area contributed by atoms with E-state index in [1.54, 1.807) is 0 Å². The first-order chi connectivity index (χ1) is 9.02. The summed E-state index contributed by atoms with van der Waals surface area (Å²) in [4.78, 5) is 2.27. The summed E-state index contributed by atoms with van der Waals surface area (Å²) in [5.41, 5.74) is 8.56. The fourth-order valence-electron chi connectivity index (χ4n) is 2.47. The number of hydrogen-bond donors (Lipinski definition) is 1. The second-order valence-corrected chi connectivity index (χ2v) is 6.02. The summed E-state index contributed by atoms with van der Waals surface area (Å²) in [5.74, 6) is 0. The highest BCUT2D eigenvalue weighted by atomic mass is 79.9. The third-order valence-corrected chi connectivity index (χ3v) is 4.62. The van der Waals surface area contributed by atoms with Crippen LogP contribution in [-0.4, -0.2) is 53.6 Å². The molecule has 0 amide bonds. The minimum absolute atomic E-state index is 0.000781. The van der Waals surface area contributed by atoms with E-state index in [1.807, 2.05) is 11.7 Å². The highest BCUT2D eigenvalue weighted by Gasteiger charge is 2.26. The van der Waals surface area contributed by atoms with Crippen LogP contribution in [0.1, 0.15) is 18.3 Å². The number of likely N-dealkylation sites (N-methyl/N-ethyl adjacent to an activating group) is 1. The van der Waals surface area contributed by atoms with E-state index in [1.165, 1.54) is 0 Å². The Morgan fingerprint density at radius 1 is 1.53 bits per heavy atom. The van der Waals surface area contributed by atoms with Crippen LogP contribution < -0.4 is 5.73 Å². The number of rotatable bonds is 4. The lowest BCUT2D eigenvalue weighted by Crippen LogP contribution is -2.50. The zero-order valence-corrected chi connectivity index (χ0v) is 13.5. The van der Waals surface area contributed by atoms with Gasteiger partial charge in [0, 0.05) is 32.6 Å². The van der Waals surface area contributed by atoms with Gasteiger partial charge in [-0.2, -0.15) is 5.10 Å². The van der Waals surface area contributed by atoms with Crippen molar-refractivity contribution < 1.29 is 4.74 Å². The standard InChI is InChI=1S/C13H23BrN4O/c1-4-10-13(14)11(18(3)16-10)7-9(15)12-8-17(2)5-6-19-12/h9,12H,4-8,15H2,1-3H3. The summed E-state index contributed by atoms with van der Waals surface area (Å²) in [6.07, 6.45) is 1.81. The molecule has 2 rings (SSSR count). The highest BCUT2D eigenvalue weighted by molar-refractivity contribution is 9.10. The molecule has 108 valence electrons. The average Bonchev–Trinajstić information content (AvgIpc) is 2.66. The smallest absolute Gasteiger partial charge is 0.0856 e. The first-order valence-corrected chi connectivity index (χ1v) is 7.58. The zero-order chi connectivity index (χ0) is 14.0. The molecule has 1 aromatic heterocycles. The molecule has 0 aliphatic carbocycles. The Hall–Kier alpha value is -0.430. The summed E-state index contributed by atoms with van der Waals surface area (Å²) in [7, 11) is 4.08. The van der Waals surface area contributed by atoms with Crippen molar-refractivity contribution in [2.45, 2.75) is 31.9 Å². The Morgan fingerprint density at radius 2 is 2.26 bits per heavy atom. The molecule has 2 heterocycles. The average molecular weight is 331 g/mol. The number of ether oxygens (including phenoxy) is 1. The van der Waals surface area contributed by atoms with Gasteiger partial charge in [0.15, 0.2) is 0 Å². The van der Waals surface area contributed by atoms with Crippen molar-refractivity contribution in [3.8, 4) is 0 Å². The third-order valence-electron chi connectivity index (χ3n) is 3.71. The second kappa shape index (κ2) is 6.35.